The third-order valence-corrected chi connectivity index (χ3v) is 3.09. The van der Waals surface area contributed by atoms with Crippen LogP contribution in [0.25, 0.3) is 0 Å². The van der Waals surface area contributed by atoms with Crippen LogP contribution in [0.5, 0.6) is 0 Å². The maximum absolute atomic E-state index is 11.9. The van der Waals surface area contributed by atoms with Crippen LogP contribution in [0.1, 0.15) is 30.6 Å². The number of benzene rings is 1. The first-order valence-electron chi connectivity index (χ1n) is 6.75. The lowest BCUT2D eigenvalue weighted by molar-refractivity contribution is 0.0757. The smallest absolute Gasteiger partial charge is 0.251 e. The van der Waals surface area contributed by atoms with Gasteiger partial charge in [-0.15, -0.1) is 0 Å². The van der Waals surface area contributed by atoms with Crippen molar-refractivity contribution in [3.63, 3.8) is 0 Å². The molecule has 0 radical (unpaired) electrons. The lowest BCUT2D eigenvalue weighted by atomic mass is 10.2. The third-order valence-electron chi connectivity index (χ3n) is 2.49. The summed E-state index contributed by atoms with van der Waals surface area (Å²) in [6.45, 7) is 5.01. The lowest BCUT2D eigenvalue weighted by Crippen LogP contribution is -2.25. The molecule has 0 fully saturated rings. The van der Waals surface area contributed by atoms with Crippen molar-refractivity contribution in [3.8, 4) is 0 Å². The van der Waals surface area contributed by atoms with Crippen LogP contribution >= 0.6 is 0 Å². The van der Waals surface area contributed by atoms with E-state index in [1.807, 2.05) is 13.8 Å². The van der Waals surface area contributed by atoms with Gasteiger partial charge in [-0.3, -0.25) is 9.52 Å². The van der Waals surface area contributed by atoms with Crippen LogP contribution in [-0.4, -0.2) is 39.8 Å². The van der Waals surface area contributed by atoms with Gasteiger partial charge in [0.1, 0.15) is 0 Å². The van der Waals surface area contributed by atoms with E-state index in [-0.39, 0.29) is 12.0 Å². The SMILES string of the molecule is CC(C)OCCCNC(=O)c1cccc(NS(C)(=O)=O)c1. The predicted octanol–water partition coefficient (Wildman–Crippen LogP) is 1.60. The van der Waals surface area contributed by atoms with E-state index in [0.717, 1.165) is 12.7 Å². The van der Waals surface area contributed by atoms with Crippen molar-refractivity contribution in [2.24, 2.45) is 0 Å². The Kier molecular flexibility index (Phi) is 6.64. The number of carbonyl (C=O) groups excluding carboxylic acids is 1. The first-order chi connectivity index (χ1) is 9.78. The highest BCUT2D eigenvalue weighted by Gasteiger charge is 2.07. The fourth-order valence-electron chi connectivity index (χ4n) is 1.63. The van der Waals surface area contributed by atoms with Gasteiger partial charge in [0.25, 0.3) is 5.91 Å². The first kappa shape index (κ1) is 17.5. The number of ether oxygens (including phenoxy) is 1. The van der Waals surface area contributed by atoms with Crippen LogP contribution in [0.15, 0.2) is 24.3 Å². The Hall–Kier alpha value is -1.60. The van der Waals surface area contributed by atoms with E-state index in [2.05, 4.69) is 10.0 Å². The minimum Gasteiger partial charge on any atom is -0.379 e. The summed E-state index contributed by atoms with van der Waals surface area (Å²) >= 11 is 0. The zero-order chi connectivity index (χ0) is 15.9. The molecule has 0 spiro atoms. The summed E-state index contributed by atoms with van der Waals surface area (Å²) in [6, 6.07) is 6.35. The Morgan fingerprint density at radius 3 is 2.67 bits per heavy atom. The standard InChI is InChI=1S/C14H22N2O4S/c1-11(2)20-9-5-8-15-14(17)12-6-4-7-13(10-12)16-21(3,18)19/h4,6-7,10-11,16H,5,8-9H2,1-3H3,(H,15,17). The highest BCUT2D eigenvalue weighted by atomic mass is 32.2. The van der Waals surface area contributed by atoms with Crippen molar-refractivity contribution >= 4 is 21.6 Å². The molecule has 0 bridgehead atoms. The molecule has 21 heavy (non-hydrogen) atoms. The molecule has 118 valence electrons. The maximum Gasteiger partial charge on any atom is 0.251 e. The van der Waals surface area contributed by atoms with E-state index in [9.17, 15) is 13.2 Å². The summed E-state index contributed by atoms with van der Waals surface area (Å²) in [7, 11) is -3.35. The van der Waals surface area contributed by atoms with Gasteiger partial charge in [0.15, 0.2) is 0 Å². The van der Waals surface area contributed by atoms with Crippen molar-refractivity contribution in [1.82, 2.24) is 5.32 Å². The molecule has 1 amide bonds. The topological polar surface area (TPSA) is 84.5 Å². The molecule has 7 heteroatoms. The van der Waals surface area contributed by atoms with Gasteiger partial charge in [0.2, 0.25) is 10.0 Å². The van der Waals surface area contributed by atoms with Crippen molar-refractivity contribution in [3.05, 3.63) is 29.8 Å². The van der Waals surface area contributed by atoms with Crippen LogP contribution in [0, 0.1) is 0 Å². The molecule has 0 aliphatic rings. The Morgan fingerprint density at radius 1 is 1.33 bits per heavy atom. The predicted molar refractivity (Wildman–Crippen MR) is 82.9 cm³/mol. The normalized spacial score (nSPS) is 11.4. The molecule has 0 aliphatic heterocycles. The lowest BCUT2D eigenvalue weighted by Gasteiger charge is -2.09. The average molecular weight is 314 g/mol. The fraction of sp³-hybridized carbons (Fsp3) is 0.500. The number of hydrogen-bond donors (Lipinski definition) is 2. The molecular formula is C14H22N2O4S. The van der Waals surface area contributed by atoms with E-state index >= 15 is 0 Å². The third kappa shape index (κ3) is 7.67. The number of rotatable bonds is 8. The molecular weight excluding hydrogens is 292 g/mol. The van der Waals surface area contributed by atoms with Gasteiger partial charge < -0.3 is 10.1 Å². The molecule has 6 nitrogen and oxygen atoms in total. The minimum absolute atomic E-state index is 0.180. The average Bonchev–Trinajstić information content (AvgIpc) is 2.36. The van der Waals surface area contributed by atoms with Crippen LogP contribution in [0.2, 0.25) is 0 Å². The van der Waals surface area contributed by atoms with E-state index in [1.165, 1.54) is 6.07 Å². The molecule has 0 atom stereocenters. The zero-order valence-corrected chi connectivity index (χ0v) is 13.4. The van der Waals surface area contributed by atoms with Gasteiger partial charge in [-0.25, -0.2) is 8.42 Å². The number of hydrogen-bond acceptors (Lipinski definition) is 4. The molecule has 0 heterocycles. The summed E-state index contributed by atoms with van der Waals surface area (Å²) in [5.74, 6) is -0.239. The zero-order valence-electron chi connectivity index (χ0n) is 12.5. The highest BCUT2D eigenvalue weighted by Crippen LogP contribution is 2.11. The van der Waals surface area contributed by atoms with E-state index in [1.54, 1.807) is 18.2 Å². The van der Waals surface area contributed by atoms with E-state index in [4.69, 9.17) is 4.74 Å². The summed E-state index contributed by atoms with van der Waals surface area (Å²) in [5.41, 5.74) is 0.779. The minimum atomic E-state index is -3.35. The van der Waals surface area contributed by atoms with Crippen molar-refractivity contribution in [2.45, 2.75) is 26.4 Å². The number of sulfonamides is 1. The van der Waals surface area contributed by atoms with Gasteiger partial charge >= 0.3 is 0 Å². The summed E-state index contributed by atoms with van der Waals surface area (Å²) in [6.07, 6.45) is 1.97. The van der Waals surface area contributed by atoms with Crippen molar-refractivity contribution in [2.75, 3.05) is 24.1 Å². The van der Waals surface area contributed by atoms with E-state index < -0.39 is 10.0 Å². The Labute approximate surface area is 125 Å². The van der Waals surface area contributed by atoms with Crippen molar-refractivity contribution < 1.29 is 17.9 Å². The molecule has 0 saturated heterocycles. The number of amides is 1. The maximum atomic E-state index is 11.9. The molecule has 1 rings (SSSR count). The number of anilines is 1. The molecule has 0 saturated carbocycles. The largest absolute Gasteiger partial charge is 0.379 e. The fourth-order valence-corrected chi connectivity index (χ4v) is 2.19. The van der Waals surface area contributed by atoms with Crippen molar-refractivity contribution in [1.29, 1.82) is 0 Å². The number of carbonyl (C=O) groups is 1. The van der Waals surface area contributed by atoms with Gasteiger partial charge in [0, 0.05) is 24.4 Å². The molecule has 2 N–H and O–H groups in total. The van der Waals surface area contributed by atoms with E-state index in [0.29, 0.717) is 24.4 Å². The second-order valence-electron chi connectivity index (χ2n) is 4.98. The quantitative estimate of drug-likeness (QED) is 0.714. The van der Waals surface area contributed by atoms with Gasteiger partial charge in [-0.05, 0) is 38.5 Å². The van der Waals surface area contributed by atoms with Crippen LogP contribution < -0.4 is 10.0 Å². The Balaban J connectivity index is 2.49. The molecule has 0 aliphatic carbocycles. The van der Waals surface area contributed by atoms with Crippen LogP contribution in [0.4, 0.5) is 5.69 Å². The number of nitrogens with one attached hydrogen (secondary N) is 2. The van der Waals surface area contributed by atoms with Gasteiger partial charge in [-0.1, -0.05) is 6.07 Å². The highest BCUT2D eigenvalue weighted by molar-refractivity contribution is 7.92. The molecule has 1 aromatic carbocycles. The Bertz CT molecular complexity index is 570. The van der Waals surface area contributed by atoms with Gasteiger partial charge in [-0.2, -0.15) is 0 Å². The van der Waals surface area contributed by atoms with Crippen LogP contribution in [0.3, 0.4) is 0 Å². The molecule has 0 aromatic heterocycles. The van der Waals surface area contributed by atoms with Gasteiger partial charge in [0.05, 0.1) is 12.4 Å². The summed E-state index contributed by atoms with van der Waals surface area (Å²) in [4.78, 5) is 11.9. The second kappa shape index (κ2) is 7.99. The summed E-state index contributed by atoms with van der Waals surface area (Å²) in [5, 5.41) is 2.77. The monoisotopic (exact) mass is 314 g/mol. The Morgan fingerprint density at radius 2 is 2.05 bits per heavy atom. The second-order valence-corrected chi connectivity index (χ2v) is 6.73. The molecule has 1 aromatic rings. The summed E-state index contributed by atoms with van der Waals surface area (Å²) < 4.78 is 30.0. The first-order valence-corrected chi connectivity index (χ1v) is 8.65. The van der Waals surface area contributed by atoms with Crippen LogP contribution in [-0.2, 0) is 14.8 Å². The molecule has 0 unspecified atom stereocenters.